The maximum atomic E-state index is 11.0. The van der Waals surface area contributed by atoms with Crippen molar-refractivity contribution in [3.63, 3.8) is 0 Å². The molecule has 1 amide bonds. The average molecular weight is 352 g/mol. The van der Waals surface area contributed by atoms with Gasteiger partial charge in [0.2, 0.25) is 5.91 Å². The Morgan fingerprint density at radius 3 is 2.23 bits per heavy atom. The van der Waals surface area contributed by atoms with Gasteiger partial charge in [0.15, 0.2) is 5.76 Å². The van der Waals surface area contributed by atoms with Crippen LogP contribution < -0.4 is 14.8 Å². The van der Waals surface area contributed by atoms with Gasteiger partial charge in [0.1, 0.15) is 17.2 Å². The molecule has 1 N–H and O–H groups in total. The van der Waals surface area contributed by atoms with Crippen LogP contribution in [0.3, 0.4) is 0 Å². The number of hydrogen-bond donors (Lipinski definition) is 1. The molecule has 3 aromatic rings. The zero-order valence-electron chi connectivity index (χ0n) is 14.9. The third-order valence-corrected chi connectivity index (χ3v) is 3.94. The van der Waals surface area contributed by atoms with Gasteiger partial charge < -0.3 is 19.3 Å². The molecule has 6 heteroatoms. The first-order valence-corrected chi connectivity index (χ1v) is 8.13. The molecule has 134 valence electrons. The Labute approximate surface area is 151 Å². The van der Waals surface area contributed by atoms with E-state index in [1.54, 1.807) is 20.3 Å². The standard InChI is InChI=1S/C20H20N2O4/c1-13(23)21-12-14-4-6-15(7-5-14)19-11-20(26-22-19)16-8-17(24-2)10-18(9-16)25-3/h4-11H,12H2,1-3H3,(H,21,23). The maximum Gasteiger partial charge on any atom is 0.217 e. The van der Waals surface area contributed by atoms with E-state index in [0.29, 0.717) is 23.8 Å². The predicted molar refractivity (Wildman–Crippen MR) is 98.0 cm³/mol. The number of methoxy groups -OCH3 is 2. The van der Waals surface area contributed by atoms with Crippen LogP contribution in [-0.2, 0) is 11.3 Å². The lowest BCUT2D eigenvalue weighted by molar-refractivity contribution is -0.119. The first-order chi connectivity index (χ1) is 12.6. The van der Waals surface area contributed by atoms with E-state index in [9.17, 15) is 4.79 Å². The van der Waals surface area contributed by atoms with E-state index >= 15 is 0 Å². The number of benzene rings is 2. The fraction of sp³-hybridized carbons (Fsp3) is 0.200. The minimum absolute atomic E-state index is 0.0519. The highest BCUT2D eigenvalue weighted by molar-refractivity contribution is 5.73. The van der Waals surface area contributed by atoms with Crippen LogP contribution in [0.25, 0.3) is 22.6 Å². The molecule has 0 saturated heterocycles. The molecular formula is C20H20N2O4. The van der Waals surface area contributed by atoms with Gasteiger partial charge in [-0.25, -0.2) is 0 Å². The minimum atomic E-state index is -0.0519. The summed E-state index contributed by atoms with van der Waals surface area (Å²) in [7, 11) is 3.21. The Morgan fingerprint density at radius 2 is 1.65 bits per heavy atom. The highest BCUT2D eigenvalue weighted by Crippen LogP contribution is 2.32. The summed E-state index contributed by atoms with van der Waals surface area (Å²) in [6, 6.07) is 15.2. The summed E-state index contributed by atoms with van der Waals surface area (Å²) < 4.78 is 16.1. The summed E-state index contributed by atoms with van der Waals surface area (Å²) in [4.78, 5) is 11.0. The minimum Gasteiger partial charge on any atom is -0.497 e. The molecular weight excluding hydrogens is 332 g/mol. The number of carbonyl (C=O) groups is 1. The number of rotatable bonds is 6. The molecule has 0 saturated carbocycles. The third-order valence-electron chi connectivity index (χ3n) is 3.94. The smallest absolute Gasteiger partial charge is 0.217 e. The molecule has 3 rings (SSSR count). The van der Waals surface area contributed by atoms with E-state index in [1.165, 1.54) is 6.92 Å². The Balaban J connectivity index is 1.82. The van der Waals surface area contributed by atoms with Crippen molar-refractivity contribution in [2.45, 2.75) is 13.5 Å². The van der Waals surface area contributed by atoms with Crippen LogP contribution in [0.1, 0.15) is 12.5 Å². The zero-order valence-corrected chi connectivity index (χ0v) is 14.9. The summed E-state index contributed by atoms with van der Waals surface area (Å²) >= 11 is 0. The molecule has 0 aliphatic rings. The summed E-state index contributed by atoms with van der Waals surface area (Å²) in [5, 5.41) is 6.92. The third kappa shape index (κ3) is 4.03. The number of ether oxygens (including phenoxy) is 2. The molecule has 0 fully saturated rings. The highest BCUT2D eigenvalue weighted by atomic mass is 16.5. The second-order valence-corrected chi connectivity index (χ2v) is 5.78. The van der Waals surface area contributed by atoms with Crippen LogP contribution in [0.5, 0.6) is 11.5 Å². The maximum absolute atomic E-state index is 11.0. The van der Waals surface area contributed by atoms with Crippen LogP contribution in [0.15, 0.2) is 53.1 Å². The molecule has 0 spiro atoms. The molecule has 0 radical (unpaired) electrons. The average Bonchev–Trinajstić information content (AvgIpc) is 3.16. The first-order valence-electron chi connectivity index (χ1n) is 8.13. The largest absolute Gasteiger partial charge is 0.497 e. The van der Waals surface area contributed by atoms with Gasteiger partial charge in [-0.2, -0.15) is 0 Å². The highest BCUT2D eigenvalue weighted by Gasteiger charge is 2.11. The van der Waals surface area contributed by atoms with Crippen LogP contribution in [0.4, 0.5) is 0 Å². The van der Waals surface area contributed by atoms with Gasteiger partial charge in [-0.1, -0.05) is 29.4 Å². The van der Waals surface area contributed by atoms with Crippen molar-refractivity contribution in [3.05, 3.63) is 54.1 Å². The van der Waals surface area contributed by atoms with Gasteiger partial charge in [-0.3, -0.25) is 4.79 Å². The van der Waals surface area contributed by atoms with E-state index in [4.69, 9.17) is 14.0 Å². The molecule has 6 nitrogen and oxygen atoms in total. The zero-order chi connectivity index (χ0) is 18.5. The fourth-order valence-electron chi connectivity index (χ4n) is 2.52. The van der Waals surface area contributed by atoms with Crippen LogP contribution >= 0.6 is 0 Å². The molecule has 0 atom stereocenters. The number of hydrogen-bond acceptors (Lipinski definition) is 5. The number of nitrogens with one attached hydrogen (secondary N) is 1. The Bertz CT molecular complexity index is 878. The van der Waals surface area contributed by atoms with E-state index < -0.39 is 0 Å². The van der Waals surface area contributed by atoms with E-state index in [-0.39, 0.29) is 5.91 Å². The van der Waals surface area contributed by atoms with Crippen LogP contribution in [-0.4, -0.2) is 25.3 Å². The molecule has 0 unspecified atom stereocenters. The van der Waals surface area contributed by atoms with Crippen LogP contribution in [0, 0.1) is 0 Å². The Morgan fingerprint density at radius 1 is 1.00 bits per heavy atom. The lowest BCUT2D eigenvalue weighted by atomic mass is 10.1. The van der Waals surface area contributed by atoms with Crippen molar-refractivity contribution in [1.29, 1.82) is 0 Å². The monoisotopic (exact) mass is 352 g/mol. The van der Waals surface area contributed by atoms with Crippen molar-refractivity contribution >= 4 is 5.91 Å². The number of amides is 1. The van der Waals surface area contributed by atoms with Gasteiger partial charge in [0.25, 0.3) is 0 Å². The van der Waals surface area contributed by atoms with Crippen molar-refractivity contribution in [2.75, 3.05) is 14.2 Å². The molecule has 0 aliphatic carbocycles. The van der Waals surface area contributed by atoms with E-state index in [1.807, 2.05) is 42.5 Å². The molecule has 26 heavy (non-hydrogen) atoms. The quantitative estimate of drug-likeness (QED) is 0.733. The predicted octanol–water partition coefficient (Wildman–Crippen LogP) is 3.66. The molecule has 0 aliphatic heterocycles. The van der Waals surface area contributed by atoms with Gasteiger partial charge in [-0.05, 0) is 17.7 Å². The summed E-state index contributed by atoms with van der Waals surface area (Å²) in [5.41, 5.74) is 3.50. The fourth-order valence-corrected chi connectivity index (χ4v) is 2.52. The van der Waals surface area contributed by atoms with Crippen molar-refractivity contribution in [2.24, 2.45) is 0 Å². The van der Waals surface area contributed by atoms with Gasteiger partial charge in [0, 0.05) is 36.7 Å². The number of carbonyl (C=O) groups excluding carboxylic acids is 1. The summed E-state index contributed by atoms with van der Waals surface area (Å²) in [6.45, 7) is 2.00. The second kappa shape index (κ2) is 7.74. The number of nitrogens with zero attached hydrogens (tertiary/aromatic N) is 1. The molecule has 1 heterocycles. The van der Waals surface area contributed by atoms with E-state index in [2.05, 4.69) is 10.5 Å². The number of aromatic nitrogens is 1. The normalized spacial score (nSPS) is 10.4. The van der Waals surface area contributed by atoms with Crippen LogP contribution in [0.2, 0.25) is 0 Å². The van der Waals surface area contributed by atoms with Gasteiger partial charge >= 0.3 is 0 Å². The SMILES string of the molecule is COc1cc(OC)cc(-c2cc(-c3ccc(CNC(C)=O)cc3)no2)c1. The van der Waals surface area contributed by atoms with Gasteiger partial charge in [0.05, 0.1) is 14.2 Å². The summed E-state index contributed by atoms with van der Waals surface area (Å²) in [5.74, 6) is 1.93. The van der Waals surface area contributed by atoms with E-state index in [0.717, 1.165) is 22.4 Å². The molecule has 0 bridgehead atoms. The Hall–Kier alpha value is -3.28. The molecule has 1 aromatic heterocycles. The van der Waals surface area contributed by atoms with Gasteiger partial charge in [-0.15, -0.1) is 0 Å². The van der Waals surface area contributed by atoms with Crippen molar-refractivity contribution in [1.82, 2.24) is 10.5 Å². The molecule has 2 aromatic carbocycles. The Kier molecular flexibility index (Phi) is 5.22. The van der Waals surface area contributed by atoms with Crippen molar-refractivity contribution in [3.8, 4) is 34.1 Å². The summed E-state index contributed by atoms with van der Waals surface area (Å²) in [6.07, 6.45) is 0. The topological polar surface area (TPSA) is 73.6 Å². The first kappa shape index (κ1) is 17.5. The van der Waals surface area contributed by atoms with Crippen molar-refractivity contribution < 1.29 is 18.8 Å². The second-order valence-electron chi connectivity index (χ2n) is 5.78. The lowest BCUT2D eigenvalue weighted by Crippen LogP contribution is -2.18. The lowest BCUT2D eigenvalue weighted by Gasteiger charge is -2.06.